The number of ether oxygens (including phenoxy) is 1. The highest BCUT2D eigenvalue weighted by Crippen LogP contribution is 2.19. The zero-order chi connectivity index (χ0) is 21.6. The Balaban J connectivity index is 1.69. The topological polar surface area (TPSA) is 61.8 Å². The van der Waals surface area contributed by atoms with Gasteiger partial charge in [0.05, 0.1) is 12.1 Å². The van der Waals surface area contributed by atoms with Gasteiger partial charge in [0.2, 0.25) is 0 Å². The normalized spacial score (nSPS) is 16.8. The summed E-state index contributed by atoms with van der Waals surface area (Å²) in [4.78, 5) is 14.7. The maximum atomic E-state index is 12.4. The average molecular weight is 411 g/mol. The molecular formula is C25H34N2O3. The van der Waals surface area contributed by atoms with E-state index in [-0.39, 0.29) is 0 Å². The molecule has 30 heavy (non-hydrogen) atoms. The predicted octanol–water partition coefficient (Wildman–Crippen LogP) is 3.93. The van der Waals surface area contributed by atoms with E-state index in [4.69, 9.17) is 4.74 Å². The zero-order valence-electron chi connectivity index (χ0n) is 18.3. The Labute approximate surface area is 180 Å². The summed E-state index contributed by atoms with van der Waals surface area (Å²) >= 11 is 0. The number of amides is 1. The summed E-state index contributed by atoms with van der Waals surface area (Å²) in [7, 11) is 0. The third-order valence-corrected chi connectivity index (χ3v) is 5.34. The lowest BCUT2D eigenvalue weighted by Crippen LogP contribution is -2.50. The second-order valence-corrected chi connectivity index (χ2v) is 9.12. The maximum absolute atomic E-state index is 12.4. The fourth-order valence-electron chi connectivity index (χ4n) is 3.93. The summed E-state index contributed by atoms with van der Waals surface area (Å²) in [5.41, 5.74) is 3.20. The van der Waals surface area contributed by atoms with Crippen molar-refractivity contribution in [1.29, 1.82) is 0 Å². The first kappa shape index (κ1) is 22.3. The molecule has 0 unspecified atom stereocenters. The van der Waals surface area contributed by atoms with E-state index < -0.39 is 23.8 Å². The van der Waals surface area contributed by atoms with Crippen LogP contribution in [0, 0.1) is 0 Å². The van der Waals surface area contributed by atoms with Crippen molar-refractivity contribution in [3.63, 3.8) is 0 Å². The second-order valence-electron chi connectivity index (χ2n) is 9.12. The molecule has 2 aromatic rings. The molecule has 1 aliphatic rings. The van der Waals surface area contributed by atoms with E-state index >= 15 is 0 Å². The molecule has 1 amide bonds. The van der Waals surface area contributed by atoms with Crippen LogP contribution < -0.4 is 5.32 Å². The number of carbonyl (C=O) groups is 1. The minimum absolute atomic E-state index is 0.430. The first-order valence-corrected chi connectivity index (χ1v) is 10.8. The van der Waals surface area contributed by atoms with Gasteiger partial charge in [-0.2, -0.15) is 0 Å². The van der Waals surface area contributed by atoms with E-state index in [0.29, 0.717) is 13.0 Å². The average Bonchev–Trinajstić information content (AvgIpc) is 2.88. The molecule has 162 valence electrons. The molecule has 0 aliphatic carbocycles. The van der Waals surface area contributed by atoms with Gasteiger partial charge in [0.25, 0.3) is 0 Å². The fraction of sp³-hybridized carbons (Fsp3) is 0.480. The summed E-state index contributed by atoms with van der Waals surface area (Å²) in [6.45, 7) is 7.76. The number of carbonyl (C=O) groups excluding carboxylic acids is 1. The molecule has 2 atom stereocenters. The number of nitrogens with zero attached hydrogens (tertiary/aromatic N) is 1. The molecule has 1 heterocycles. The first-order valence-electron chi connectivity index (χ1n) is 10.8. The highest BCUT2D eigenvalue weighted by molar-refractivity contribution is 5.68. The van der Waals surface area contributed by atoms with Gasteiger partial charge >= 0.3 is 6.09 Å². The van der Waals surface area contributed by atoms with Crippen LogP contribution in [0.25, 0.3) is 0 Å². The van der Waals surface area contributed by atoms with Crippen LogP contribution in [0.2, 0.25) is 0 Å². The van der Waals surface area contributed by atoms with E-state index in [2.05, 4.69) is 34.5 Å². The number of hydrogen-bond donors (Lipinski definition) is 2. The Morgan fingerprint density at radius 3 is 2.47 bits per heavy atom. The molecule has 5 nitrogen and oxygen atoms in total. The largest absolute Gasteiger partial charge is 0.444 e. The van der Waals surface area contributed by atoms with Gasteiger partial charge < -0.3 is 15.2 Å². The molecule has 1 aliphatic heterocycles. The number of benzene rings is 2. The van der Waals surface area contributed by atoms with Crippen molar-refractivity contribution in [2.45, 2.75) is 64.3 Å². The smallest absolute Gasteiger partial charge is 0.407 e. The Bertz CT molecular complexity index is 817. The van der Waals surface area contributed by atoms with Crippen LogP contribution in [0.1, 0.15) is 43.9 Å². The number of hydrogen-bond acceptors (Lipinski definition) is 4. The number of fused-ring (bicyclic) bond motifs is 1. The van der Waals surface area contributed by atoms with E-state index in [0.717, 1.165) is 31.5 Å². The first-order chi connectivity index (χ1) is 14.3. The van der Waals surface area contributed by atoms with Crippen LogP contribution in [-0.4, -0.2) is 46.9 Å². The van der Waals surface area contributed by atoms with Crippen molar-refractivity contribution in [2.75, 3.05) is 13.1 Å². The molecule has 0 saturated heterocycles. The maximum Gasteiger partial charge on any atom is 0.407 e. The van der Waals surface area contributed by atoms with Crippen LogP contribution in [-0.2, 0) is 24.1 Å². The zero-order valence-corrected chi connectivity index (χ0v) is 18.3. The standard InChI is InChI=1S/C25H34N2O3/c1-25(2,3)30-24(29)26-22(16-19-10-5-4-6-11-19)23(28)18-27-15-9-14-20-12-7-8-13-21(20)17-27/h4-8,10-13,22-23,28H,9,14-18H2,1-3H3,(H,26,29)/t22-,23+/m0/s1. The minimum atomic E-state index is -0.706. The quantitative estimate of drug-likeness (QED) is 0.757. The van der Waals surface area contributed by atoms with Crippen LogP contribution in [0.3, 0.4) is 0 Å². The number of rotatable bonds is 6. The third kappa shape index (κ3) is 6.85. The number of aliphatic hydroxyl groups excluding tert-OH is 1. The van der Waals surface area contributed by atoms with Crippen LogP contribution in [0.5, 0.6) is 0 Å². The molecule has 0 bridgehead atoms. The monoisotopic (exact) mass is 410 g/mol. The summed E-state index contributed by atoms with van der Waals surface area (Å²) in [5.74, 6) is 0. The van der Waals surface area contributed by atoms with Crippen molar-refractivity contribution in [1.82, 2.24) is 10.2 Å². The van der Waals surface area contributed by atoms with Crippen LogP contribution >= 0.6 is 0 Å². The van der Waals surface area contributed by atoms with Crippen molar-refractivity contribution in [3.05, 3.63) is 71.3 Å². The molecule has 3 rings (SSSR count). The van der Waals surface area contributed by atoms with E-state index in [1.807, 2.05) is 51.1 Å². The fourth-order valence-corrected chi connectivity index (χ4v) is 3.93. The third-order valence-electron chi connectivity index (χ3n) is 5.34. The molecule has 0 radical (unpaired) electrons. The molecule has 2 N–H and O–H groups in total. The van der Waals surface area contributed by atoms with E-state index in [9.17, 15) is 9.90 Å². The highest BCUT2D eigenvalue weighted by Gasteiger charge is 2.27. The van der Waals surface area contributed by atoms with Crippen molar-refractivity contribution in [3.8, 4) is 0 Å². The van der Waals surface area contributed by atoms with Crippen molar-refractivity contribution >= 4 is 6.09 Å². The van der Waals surface area contributed by atoms with E-state index in [1.54, 1.807) is 0 Å². The van der Waals surface area contributed by atoms with Crippen LogP contribution in [0.4, 0.5) is 4.79 Å². The number of aliphatic hydroxyl groups is 1. The van der Waals surface area contributed by atoms with Gasteiger partial charge in [-0.1, -0.05) is 54.6 Å². The summed E-state index contributed by atoms with van der Waals surface area (Å²) < 4.78 is 5.44. The summed E-state index contributed by atoms with van der Waals surface area (Å²) in [5, 5.41) is 14.0. The van der Waals surface area contributed by atoms with Crippen molar-refractivity contribution < 1.29 is 14.6 Å². The number of aryl methyl sites for hydroxylation is 1. The molecule has 0 spiro atoms. The van der Waals surface area contributed by atoms with Crippen LogP contribution in [0.15, 0.2) is 54.6 Å². The summed E-state index contributed by atoms with van der Waals surface area (Å²) in [6, 6.07) is 18.0. The Hall–Kier alpha value is -2.37. The molecular weight excluding hydrogens is 376 g/mol. The SMILES string of the molecule is CC(C)(C)OC(=O)N[C@@H](Cc1ccccc1)[C@H](O)CN1CCCc2ccccc2C1. The van der Waals surface area contributed by atoms with Gasteiger partial charge in [0.15, 0.2) is 0 Å². The molecule has 0 saturated carbocycles. The molecule has 2 aromatic carbocycles. The Morgan fingerprint density at radius 2 is 1.77 bits per heavy atom. The number of β-amino-alcohol motifs (C(OH)–C–C–N with tert-alkyl or cyclic N) is 1. The summed E-state index contributed by atoms with van der Waals surface area (Å²) in [6.07, 6.45) is 1.47. The lowest BCUT2D eigenvalue weighted by molar-refractivity contribution is 0.0359. The Morgan fingerprint density at radius 1 is 1.10 bits per heavy atom. The predicted molar refractivity (Wildman–Crippen MR) is 119 cm³/mol. The van der Waals surface area contributed by atoms with E-state index in [1.165, 1.54) is 11.1 Å². The van der Waals surface area contributed by atoms with Gasteiger partial charge in [-0.05, 0) is 63.3 Å². The minimum Gasteiger partial charge on any atom is -0.444 e. The number of nitrogens with one attached hydrogen (secondary N) is 1. The Kier molecular flexibility index (Phi) is 7.51. The molecule has 0 aromatic heterocycles. The van der Waals surface area contributed by atoms with Gasteiger partial charge in [-0.25, -0.2) is 4.79 Å². The molecule has 0 fully saturated rings. The number of alkyl carbamates (subject to hydrolysis) is 1. The van der Waals surface area contributed by atoms with Crippen molar-refractivity contribution in [2.24, 2.45) is 0 Å². The van der Waals surface area contributed by atoms with Gasteiger partial charge in [0.1, 0.15) is 5.60 Å². The van der Waals surface area contributed by atoms with Gasteiger partial charge in [0, 0.05) is 13.1 Å². The van der Waals surface area contributed by atoms with Gasteiger partial charge in [-0.15, -0.1) is 0 Å². The lowest BCUT2D eigenvalue weighted by atomic mass is 10.0. The molecule has 5 heteroatoms. The second kappa shape index (κ2) is 10.1. The van der Waals surface area contributed by atoms with Gasteiger partial charge in [-0.3, -0.25) is 4.90 Å². The lowest BCUT2D eigenvalue weighted by Gasteiger charge is -2.30. The highest BCUT2D eigenvalue weighted by atomic mass is 16.6.